The number of esters is 1. The molecule has 0 bridgehead atoms. The lowest BCUT2D eigenvalue weighted by atomic mass is 9.95. The van der Waals surface area contributed by atoms with Crippen LogP contribution in [-0.4, -0.2) is 56.2 Å². The number of hydrogen-bond acceptors (Lipinski definition) is 5. The Bertz CT molecular complexity index is 997. The molecular weight excluding hydrogens is 404 g/mol. The fourth-order valence-electron chi connectivity index (χ4n) is 4.30. The maximum absolute atomic E-state index is 12.9. The Kier molecular flexibility index (Phi) is 6.75. The molecule has 2 heterocycles. The summed E-state index contributed by atoms with van der Waals surface area (Å²) in [6, 6.07) is 17.2. The van der Waals surface area contributed by atoms with E-state index in [2.05, 4.69) is 51.6 Å². The number of hydrogen-bond donors (Lipinski definition) is 2. The number of piperazine rings is 1. The van der Waals surface area contributed by atoms with Gasteiger partial charge in [-0.3, -0.25) is 4.90 Å². The largest absolute Gasteiger partial charge is 0.463 e. The van der Waals surface area contributed by atoms with E-state index in [1.807, 2.05) is 30.3 Å². The van der Waals surface area contributed by atoms with Crippen LogP contribution in [0.2, 0.25) is 0 Å². The first kappa shape index (κ1) is 21.9. The van der Waals surface area contributed by atoms with Gasteiger partial charge in [-0.2, -0.15) is 0 Å². The standard InChI is InChI=1S/C25H30N4O3/c1-3-32-24(30)22-21(26-25(31)27-23(22)19-9-5-4-6-10-19)17-28-12-14-29(15-13-28)20-11-7-8-18(2)16-20/h4-11,16,23H,3,12-15,17H2,1-2H3,(H2,26,27,31)/t23-/m1/s1. The highest BCUT2D eigenvalue weighted by Gasteiger charge is 2.34. The predicted octanol–water partition coefficient (Wildman–Crippen LogP) is 2.99. The molecule has 2 aromatic carbocycles. The summed E-state index contributed by atoms with van der Waals surface area (Å²) >= 11 is 0. The van der Waals surface area contributed by atoms with Gasteiger partial charge in [0.2, 0.25) is 0 Å². The van der Waals surface area contributed by atoms with Crippen LogP contribution in [0, 0.1) is 6.92 Å². The van der Waals surface area contributed by atoms with E-state index in [0.717, 1.165) is 31.7 Å². The molecule has 0 radical (unpaired) electrons. The predicted molar refractivity (Wildman–Crippen MR) is 124 cm³/mol. The van der Waals surface area contributed by atoms with Gasteiger partial charge < -0.3 is 20.3 Å². The third kappa shape index (κ3) is 4.94. The molecule has 0 saturated carbocycles. The quantitative estimate of drug-likeness (QED) is 0.684. The fraction of sp³-hybridized carbons (Fsp3) is 0.360. The van der Waals surface area contributed by atoms with Crippen molar-refractivity contribution < 1.29 is 14.3 Å². The zero-order valence-corrected chi connectivity index (χ0v) is 18.6. The number of carbonyl (C=O) groups excluding carboxylic acids is 2. The number of rotatable bonds is 6. The SMILES string of the molecule is CCOC(=O)C1=C(CN2CCN(c3cccc(C)c3)CC2)NC(=O)N[C@@H]1c1ccccc1. The monoisotopic (exact) mass is 434 g/mol. The summed E-state index contributed by atoms with van der Waals surface area (Å²) in [6.07, 6.45) is 0. The van der Waals surface area contributed by atoms with Gasteiger partial charge in [0.05, 0.1) is 18.2 Å². The second-order valence-electron chi connectivity index (χ2n) is 8.16. The van der Waals surface area contributed by atoms with E-state index in [-0.39, 0.29) is 12.6 Å². The Morgan fingerprint density at radius 2 is 1.81 bits per heavy atom. The molecule has 1 fully saturated rings. The summed E-state index contributed by atoms with van der Waals surface area (Å²) in [5.74, 6) is -0.401. The van der Waals surface area contributed by atoms with Gasteiger partial charge in [-0.1, -0.05) is 42.5 Å². The molecule has 32 heavy (non-hydrogen) atoms. The van der Waals surface area contributed by atoms with Crippen molar-refractivity contribution in [3.05, 3.63) is 77.0 Å². The van der Waals surface area contributed by atoms with Crippen molar-refractivity contribution in [2.45, 2.75) is 19.9 Å². The molecule has 2 aliphatic rings. The highest BCUT2D eigenvalue weighted by atomic mass is 16.5. The van der Waals surface area contributed by atoms with Crippen LogP contribution in [0.1, 0.15) is 24.1 Å². The lowest BCUT2D eigenvalue weighted by molar-refractivity contribution is -0.139. The smallest absolute Gasteiger partial charge is 0.338 e. The minimum atomic E-state index is -0.535. The van der Waals surface area contributed by atoms with Gasteiger partial charge in [0.1, 0.15) is 0 Å². The molecule has 1 saturated heterocycles. The van der Waals surface area contributed by atoms with Gasteiger partial charge in [-0.15, -0.1) is 0 Å². The van der Waals surface area contributed by atoms with Crippen LogP contribution < -0.4 is 15.5 Å². The number of benzene rings is 2. The van der Waals surface area contributed by atoms with Gasteiger partial charge in [-0.05, 0) is 37.1 Å². The van der Waals surface area contributed by atoms with Gasteiger partial charge in [0, 0.05) is 44.1 Å². The summed E-state index contributed by atoms with van der Waals surface area (Å²) in [7, 11) is 0. The normalized spacial score (nSPS) is 19.4. The van der Waals surface area contributed by atoms with E-state index >= 15 is 0 Å². The molecule has 0 aromatic heterocycles. The summed E-state index contributed by atoms with van der Waals surface area (Å²) < 4.78 is 5.36. The molecule has 2 N–H and O–H groups in total. The summed E-state index contributed by atoms with van der Waals surface area (Å²) in [4.78, 5) is 30.0. The zero-order valence-electron chi connectivity index (χ0n) is 18.6. The van der Waals surface area contributed by atoms with E-state index < -0.39 is 12.0 Å². The average molecular weight is 435 g/mol. The number of nitrogens with one attached hydrogen (secondary N) is 2. The van der Waals surface area contributed by atoms with Crippen LogP contribution in [-0.2, 0) is 9.53 Å². The lowest BCUT2D eigenvalue weighted by Crippen LogP contribution is -2.51. The number of carbonyl (C=O) groups is 2. The maximum Gasteiger partial charge on any atom is 0.338 e. The van der Waals surface area contributed by atoms with Crippen molar-refractivity contribution in [2.75, 3.05) is 44.2 Å². The first-order chi connectivity index (χ1) is 15.5. The van der Waals surface area contributed by atoms with E-state index in [1.165, 1.54) is 11.3 Å². The van der Waals surface area contributed by atoms with Gasteiger partial charge in [0.15, 0.2) is 0 Å². The number of aryl methyl sites for hydroxylation is 1. The molecule has 4 rings (SSSR count). The first-order valence-corrected chi connectivity index (χ1v) is 11.1. The average Bonchev–Trinajstić information content (AvgIpc) is 2.80. The molecular formula is C25H30N4O3. The van der Waals surface area contributed by atoms with Gasteiger partial charge >= 0.3 is 12.0 Å². The summed E-state index contributed by atoms with van der Waals surface area (Å²) in [6.45, 7) is 8.12. The van der Waals surface area contributed by atoms with Crippen molar-refractivity contribution in [3.8, 4) is 0 Å². The molecule has 2 aromatic rings. The number of anilines is 1. The van der Waals surface area contributed by atoms with Crippen LogP contribution in [0.25, 0.3) is 0 Å². The maximum atomic E-state index is 12.9. The molecule has 168 valence electrons. The summed E-state index contributed by atoms with van der Waals surface area (Å²) in [5.41, 5.74) is 4.42. The van der Waals surface area contributed by atoms with Crippen LogP contribution >= 0.6 is 0 Å². The van der Waals surface area contributed by atoms with Crippen molar-refractivity contribution in [3.63, 3.8) is 0 Å². The van der Waals surface area contributed by atoms with Crippen molar-refractivity contribution >= 4 is 17.7 Å². The number of urea groups is 1. The summed E-state index contributed by atoms with van der Waals surface area (Å²) in [5, 5.41) is 5.76. The number of amides is 2. The van der Waals surface area contributed by atoms with E-state index in [4.69, 9.17) is 4.74 Å². The van der Waals surface area contributed by atoms with E-state index in [9.17, 15) is 9.59 Å². The topological polar surface area (TPSA) is 73.9 Å². The third-order valence-electron chi connectivity index (χ3n) is 5.90. The van der Waals surface area contributed by atoms with Gasteiger partial charge in [-0.25, -0.2) is 9.59 Å². The first-order valence-electron chi connectivity index (χ1n) is 11.1. The molecule has 7 heteroatoms. The highest BCUT2D eigenvalue weighted by Crippen LogP contribution is 2.28. The Balaban J connectivity index is 1.54. The van der Waals surface area contributed by atoms with Gasteiger partial charge in [0.25, 0.3) is 0 Å². The van der Waals surface area contributed by atoms with Crippen LogP contribution in [0.15, 0.2) is 65.9 Å². The lowest BCUT2D eigenvalue weighted by Gasteiger charge is -2.38. The second-order valence-corrected chi connectivity index (χ2v) is 8.16. The van der Waals surface area contributed by atoms with Crippen LogP contribution in [0.3, 0.4) is 0 Å². The number of ether oxygens (including phenoxy) is 1. The van der Waals surface area contributed by atoms with E-state index in [1.54, 1.807) is 6.92 Å². The van der Waals surface area contributed by atoms with Crippen molar-refractivity contribution in [1.29, 1.82) is 0 Å². The van der Waals surface area contributed by atoms with Crippen molar-refractivity contribution in [1.82, 2.24) is 15.5 Å². The Hall–Kier alpha value is -3.32. The zero-order chi connectivity index (χ0) is 22.5. The fourth-order valence-corrected chi connectivity index (χ4v) is 4.30. The molecule has 2 amide bonds. The van der Waals surface area contributed by atoms with E-state index in [0.29, 0.717) is 17.8 Å². The number of nitrogens with zero attached hydrogens (tertiary/aromatic N) is 2. The molecule has 0 unspecified atom stereocenters. The highest BCUT2D eigenvalue weighted by molar-refractivity contribution is 5.95. The second kappa shape index (κ2) is 9.87. The minimum absolute atomic E-state index is 0.278. The van der Waals surface area contributed by atoms with Crippen LogP contribution in [0.5, 0.6) is 0 Å². The van der Waals surface area contributed by atoms with Crippen molar-refractivity contribution in [2.24, 2.45) is 0 Å². The Morgan fingerprint density at radius 1 is 1.06 bits per heavy atom. The van der Waals surface area contributed by atoms with Crippen LogP contribution in [0.4, 0.5) is 10.5 Å². The Labute approximate surface area is 189 Å². The minimum Gasteiger partial charge on any atom is -0.463 e. The molecule has 7 nitrogen and oxygen atoms in total. The molecule has 0 aliphatic carbocycles. The Morgan fingerprint density at radius 3 is 2.50 bits per heavy atom. The molecule has 0 spiro atoms. The molecule has 2 aliphatic heterocycles. The molecule has 1 atom stereocenters. The third-order valence-corrected chi connectivity index (χ3v) is 5.90.